The number of hydrogen-bond acceptors (Lipinski definition) is 2. The lowest BCUT2D eigenvalue weighted by Gasteiger charge is -2.09. The number of carbonyl (C=O) groups excluding carboxylic acids is 1. The van der Waals surface area contributed by atoms with Gasteiger partial charge in [-0.1, -0.05) is 0 Å². The molecule has 3 nitrogen and oxygen atoms in total. The molecule has 2 rings (SSSR count). The topological polar surface area (TPSA) is 55.1 Å². The zero-order valence-corrected chi connectivity index (χ0v) is 11.8. The first-order valence-electron chi connectivity index (χ1n) is 5.60. The molecule has 0 aromatic heterocycles. The van der Waals surface area contributed by atoms with Crippen molar-refractivity contribution in [1.82, 2.24) is 0 Å². The van der Waals surface area contributed by atoms with Gasteiger partial charge < -0.3 is 11.1 Å². The third-order valence-corrected chi connectivity index (χ3v) is 3.42. The van der Waals surface area contributed by atoms with Gasteiger partial charge in [0.15, 0.2) is 0 Å². The Hall–Kier alpha value is -1.88. The summed E-state index contributed by atoms with van der Waals surface area (Å²) in [5, 5.41) is 2.72. The molecule has 0 heterocycles. The highest BCUT2D eigenvalue weighted by molar-refractivity contribution is 9.10. The standard InChI is InChI=1S/C14H12BrFN2O/c1-8-6-10(16)3-5-13(8)18-14(19)9-2-4-11(15)12(17)7-9/h2-7H,17H2,1H3,(H,18,19). The SMILES string of the molecule is Cc1cc(F)ccc1NC(=O)c1ccc(Br)c(N)c1. The molecule has 2 aromatic rings. The van der Waals surface area contributed by atoms with Crippen LogP contribution in [0.25, 0.3) is 0 Å². The number of benzene rings is 2. The number of anilines is 2. The Bertz CT molecular complexity index is 643. The Morgan fingerprint density at radius 1 is 1.26 bits per heavy atom. The van der Waals surface area contributed by atoms with E-state index in [0.29, 0.717) is 22.5 Å². The zero-order chi connectivity index (χ0) is 14.0. The van der Waals surface area contributed by atoms with Gasteiger partial charge in [0, 0.05) is 21.4 Å². The van der Waals surface area contributed by atoms with Crippen LogP contribution in [0.5, 0.6) is 0 Å². The maximum absolute atomic E-state index is 13.0. The molecular formula is C14H12BrFN2O. The van der Waals surface area contributed by atoms with E-state index in [-0.39, 0.29) is 11.7 Å². The summed E-state index contributed by atoms with van der Waals surface area (Å²) in [6, 6.07) is 9.16. The van der Waals surface area contributed by atoms with Gasteiger partial charge in [0.1, 0.15) is 5.82 Å². The summed E-state index contributed by atoms with van der Waals surface area (Å²) in [5.74, 6) is -0.614. The fraction of sp³-hybridized carbons (Fsp3) is 0.0714. The summed E-state index contributed by atoms with van der Waals surface area (Å²) in [6.45, 7) is 1.73. The fourth-order valence-electron chi connectivity index (χ4n) is 1.65. The third-order valence-electron chi connectivity index (χ3n) is 2.69. The number of nitrogens with two attached hydrogens (primary N) is 1. The lowest BCUT2D eigenvalue weighted by molar-refractivity contribution is 0.102. The number of nitrogen functional groups attached to an aromatic ring is 1. The molecule has 98 valence electrons. The lowest BCUT2D eigenvalue weighted by atomic mass is 10.1. The number of aryl methyl sites for hydroxylation is 1. The van der Waals surface area contributed by atoms with Crippen LogP contribution in [0.4, 0.5) is 15.8 Å². The van der Waals surface area contributed by atoms with Crippen molar-refractivity contribution in [2.45, 2.75) is 6.92 Å². The Morgan fingerprint density at radius 2 is 2.00 bits per heavy atom. The molecule has 0 radical (unpaired) electrons. The van der Waals surface area contributed by atoms with E-state index in [1.807, 2.05) is 0 Å². The van der Waals surface area contributed by atoms with Crippen molar-refractivity contribution in [3.63, 3.8) is 0 Å². The summed E-state index contributed by atoms with van der Waals surface area (Å²) >= 11 is 3.27. The highest BCUT2D eigenvalue weighted by atomic mass is 79.9. The van der Waals surface area contributed by atoms with Gasteiger partial charge in [0.2, 0.25) is 0 Å². The Morgan fingerprint density at radius 3 is 2.63 bits per heavy atom. The summed E-state index contributed by atoms with van der Waals surface area (Å²) in [5.41, 5.74) is 7.90. The average Bonchev–Trinajstić information content (AvgIpc) is 2.36. The molecule has 5 heteroatoms. The minimum Gasteiger partial charge on any atom is -0.398 e. The average molecular weight is 323 g/mol. The minimum absolute atomic E-state index is 0.283. The molecule has 0 saturated heterocycles. The second kappa shape index (κ2) is 5.40. The van der Waals surface area contributed by atoms with E-state index in [1.165, 1.54) is 18.2 Å². The van der Waals surface area contributed by atoms with Crippen LogP contribution in [0.3, 0.4) is 0 Å². The predicted molar refractivity (Wildman–Crippen MR) is 77.6 cm³/mol. The number of hydrogen-bond donors (Lipinski definition) is 2. The van der Waals surface area contributed by atoms with Crippen molar-refractivity contribution < 1.29 is 9.18 Å². The van der Waals surface area contributed by atoms with E-state index < -0.39 is 0 Å². The molecule has 19 heavy (non-hydrogen) atoms. The normalized spacial score (nSPS) is 10.3. The molecule has 3 N–H and O–H groups in total. The molecule has 0 saturated carbocycles. The quantitative estimate of drug-likeness (QED) is 0.828. The number of rotatable bonds is 2. The second-order valence-electron chi connectivity index (χ2n) is 4.15. The van der Waals surface area contributed by atoms with Crippen LogP contribution >= 0.6 is 15.9 Å². The molecule has 0 bridgehead atoms. The summed E-state index contributed by atoms with van der Waals surface area (Å²) < 4.78 is 13.7. The molecule has 0 aliphatic rings. The van der Waals surface area contributed by atoms with Crippen LogP contribution in [0.2, 0.25) is 0 Å². The van der Waals surface area contributed by atoms with Crippen molar-refractivity contribution in [3.05, 3.63) is 57.8 Å². The van der Waals surface area contributed by atoms with Crippen molar-refractivity contribution >= 4 is 33.2 Å². The van der Waals surface area contributed by atoms with E-state index in [0.717, 1.165) is 4.47 Å². The van der Waals surface area contributed by atoms with Gasteiger partial charge in [-0.3, -0.25) is 4.79 Å². The van der Waals surface area contributed by atoms with E-state index in [9.17, 15) is 9.18 Å². The number of amides is 1. The molecule has 0 atom stereocenters. The van der Waals surface area contributed by atoms with Gasteiger partial charge in [-0.25, -0.2) is 4.39 Å². The maximum atomic E-state index is 13.0. The van der Waals surface area contributed by atoms with Crippen molar-refractivity contribution in [2.24, 2.45) is 0 Å². The van der Waals surface area contributed by atoms with E-state index in [4.69, 9.17) is 5.73 Å². The first-order chi connectivity index (χ1) is 8.97. The monoisotopic (exact) mass is 322 g/mol. The van der Waals surface area contributed by atoms with Gasteiger partial charge in [0.05, 0.1) is 0 Å². The maximum Gasteiger partial charge on any atom is 0.255 e. The third kappa shape index (κ3) is 3.12. The van der Waals surface area contributed by atoms with Gasteiger partial charge in [-0.15, -0.1) is 0 Å². The van der Waals surface area contributed by atoms with Crippen LogP contribution < -0.4 is 11.1 Å². The van der Waals surface area contributed by atoms with Crippen LogP contribution in [0.1, 0.15) is 15.9 Å². The van der Waals surface area contributed by atoms with E-state index in [2.05, 4.69) is 21.2 Å². The zero-order valence-electron chi connectivity index (χ0n) is 10.2. The largest absolute Gasteiger partial charge is 0.398 e. The minimum atomic E-state index is -0.330. The lowest BCUT2D eigenvalue weighted by Crippen LogP contribution is -2.13. The molecule has 0 aliphatic heterocycles. The second-order valence-corrected chi connectivity index (χ2v) is 5.00. The van der Waals surface area contributed by atoms with Gasteiger partial charge in [-0.05, 0) is 64.8 Å². The summed E-state index contributed by atoms with van der Waals surface area (Å²) in [6.07, 6.45) is 0. The molecule has 0 aliphatic carbocycles. The number of nitrogens with one attached hydrogen (secondary N) is 1. The number of carbonyl (C=O) groups is 1. The summed E-state index contributed by atoms with van der Waals surface area (Å²) in [4.78, 5) is 12.0. The molecule has 0 spiro atoms. The van der Waals surface area contributed by atoms with Gasteiger partial charge in [0.25, 0.3) is 5.91 Å². The molecule has 0 fully saturated rings. The van der Waals surface area contributed by atoms with Crippen LogP contribution in [0.15, 0.2) is 40.9 Å². The van der Waals surface area contributed by atoms with Crippen LogP contribution in [0, 0.1) is 12.7 Å². The smallest absolute Gasteiger partial charge is 0.255 e. The Labute approximate surface area is 118 Å². The molecule has 2 aromatic carbocycles. The predicted octanol–water partition coefficient (Wildman–Crippen LogP) is 3.73. The van der Waals surface area contributed by atoms with Crippen LogP contribution in [-0.4, -0.2) is 5.91 Å². The van der Waals surface area contributed by atoms with Gasteiger partial charge in [-0.2, -0.15) is 0 Å². The molecule has 0 unspecified atom stereocenters. The van der Waals surface area contributed by atoms with Gasteiger partial charge >= 0.3 is 0 Å². The Kier molecular flexibility index (Phi) is 3.85. The van der Waals surface area contributed by atoms with Crippen molar-refractivity contribution in [1.29, 1.82) is 0 Å². The molecule has 1 amide bonds. The summed E-state index contributed by atoms with van der Waals surface area (Å²) in [7, 11) is 0. The highest BCUT2D eigenvalue weighted by Gasteiger charge is 2.09. The first kappa shape index (κ1) is 13.5. The first-order valence-corrected chi connectivity index (χ1v) is 6.39. The van der Waals surface area contributed by atoms with Crippen molar-refractivity contribution in [2.75, 3.05) is 11.1 Å². The fourth-order valence-corrected chi connectivity index (χ4v) is 1.89. The Balaban J connectivity index is 2.23. The van der Waals surface area contributed by atoms with Crippen molar-refractivity contribution in [3.8, 4) is 0 Å². The highest BCUT2D eigenvalue weighted by Crippen LogP contribution is 2.22. The van der Waals surface area contributed by atoms with Crippen LogP contribution in [-0.2, 0) is 0 Å². The van der Waals surface area contributed by atoms with E-state index in [1.54, 1.807) is 25.1 Å². The number of halogens is 2. The van der Waals surface area contributed by atoms with E-state index >= 15 is 0 Å². The molecular weight excluding hydrogens is 311 g/mol.